The van der Waals surface area contributed by atoms with Gasteiger partial charge in [-0.3, -0.25) is 4.98 Å². The van der Waals surface area contributed by atoms with Crippen molar-refractivity contribution in [3.8, 4) is 11.5 Å². The van der Waals surface area contributed by atoms with E-state index in [4.69, 9.17) is 5.73 Å². The van der Waals surface area contributed by atoms with E-state index in [0.717, 1.165) is 16.5 Å². The molecule has 0 aliphatic heterocycles. The highest BCUT2D eigenvalue weighted by atomic mass is 15.5. The van der Waals surface area contributed by atoms with E-state index in [1.807, 2.05) is 30.3 Å². The van der Waals surface area contributed by atoms with Crippen LogP contribution in [0.25, 0.3) is 22.3 Å². The van der Waals surface area contributed by atoms with Crippen molar-refractivity contribution in [2.24, 2.45) is 5.73 Å². The summed E-state index contributed by atoms with van der Waals surface area (Å²) in [5.41, 5.74) is 6.33. The predicted molar refractivity (Wildman–Crippen MR) is 67.6 cm³/mol. The third kappa shape index (κ3) is 1.72. The molecule has 0 fully saturated rings. The first kappa shape index (κ1) is 10.8. The Kier molecular flexibility index (Phi) is 2.70. The molecule has 0 bridgehead atoms. The molecule has 90 valence electrons. The van der Waals surface area contributed by atoms with Crippen LogP contribution in [0.2, 0.25) is 0 Å². The molecule has 0 saturated carbocycles. The van der Waals surface area contributed by atoms with E-state index in [-0.39, 0.29) is 0 Å². The molecule has 0 atom stereocenters. The molecule has 0 saturated heterocycles. The van der Waals surface area contributed by atoms with Crippen molar-refractivity contribution in [3.63, 3.8) is 0 Å². The summed E-state index contributed by atoms with van der Waals surface area (Å²) in [4.78, 5) is 4.39. The van der Waals surface area contributed by atoms with Gasteiger partial charge >= 0.3 is 0 Å². The van der Waals surface area contributed by atoms with Gasteiger partial charge in [-0.1, -0.05) is 24.3 Å². The van der Waals surface area contributed by atoms with Gasteiger partial charge in [-0.05, 0) is 21.9 Å². The van der Waals surface area contributed by atoms with Gasteiger partial charge in [-0.25, -0.2) is 4.68 Å². The lowest BCUT2D eigenvalue weighted by Crippen LogP contribution is -2.12. The normalized spacial score (nSPS) is 10.9. The lowest BCUT2D eigenvalue weighted by atomic mass is 10.1. The van der Waals surface area contributed by atoms with Gasteiger partial charge in [0.2, 0.25) is 5.82 Å². The van der Waals surface area contributed by atoms with Crippen molar-refractivity contribution in [1.29, 1.82) is 0 Å². The number of benzene rings is 1. The molecule has 3 aromatic rings. The highest BCUT2D eigenvalue weighted by molar-refractivity contribution is 5.92. The van der Waals surface area contributed by atoms with Gasteiger partial charge in [-0.15, -0.1) is 5.10 Å². The van der Waals surface area contributed by atoms with E-state index >= 15 is 0 Å². The third-order valence-corrected chi connectivity index (χ3v) is 2.76. The van der Waals surface area contributed by atoms with Gasteiger partial charge < -0.3 is 5.73 Å². The van der Waals surface area contributed by atoms with Crippen LogP contribution in [0.5, 0.6) is 0 Å². The van der Waals surface area contributed by atoms with Crippen LogP contribution >= 0.6 is 0 Å². The Balaban J connectivity index is 2.22. The summed E-state index contributed by atoms with van der Waals surface area (Å²) < 4.78 is 1.68. The number of nitrogens with zero attached hydrogens (tertiary/aromatic N) is 5. The number of fused-ring (bicyclic) bond motifs is 1. The number of rotatable bonds is 3. The van der Waals surface area contributed by atoms with Crippen LogP contribution in [-0.2, 0) is 6.54 Å². The Morgan fingerprint density at radius 3 is 2.94 bits per heavy atom. The molecule has 0 amide bonds. The van der Waals surface area contributed by atoms with Crippen molar-refractivity contribution in [3.05, 3.63) is 36.5 Å². The molecule has 18 heavy (non-hydrogen) atoms. The Bertz CT molecular complexity index is 670. The fourth-order valence-corrected chi connectivity index (χ4v) is 1.94. The van der Waals surface area contributed by atoms with Crippen LogP contribution in [0, 0.1) is 0 Å². The molecule has 2 heterocycles. The predicted octanol–water partition coefficient (Wildman–Crippen LogP) is 0.847. The molecule has 0 aliphatic rings. The first-order chi connectivity index (χ1) is 8.90. The molecular weight excluding hydrogens is 228 g/mol. The summed E-state index contributed by atoms with van der Waals surface area (Å²) in [6, 6.07) is 9.99. The molecule has 6 nitrogen and oxygen atoms in total. The van der Waals surface area contributed by atoms with Gasteiger partial charge in [0.15, 0.2) is 0 Å². The second kappa shape index (κ2) is 4.50. The Morgan fingerprint density at radius 1 is 1.17 bits per heavy atom. The van der Waals surface area contributed by atoms with E-state index in [1.54, 1.807) is 10.9 Å². The van der Waals surface area contributed by atoms with Crippen LogP contribution in [0.3, 0.4) is 0 Å². The van der Waals surface area contributed by atoms with E-state index < -0.39 is 0 Å². The summed E-state index contributed by atoms with van der Waals surface area (Å²) in [7, 11) is 0. The smallest absolute Gasteiger partial charge is 0.201 e. The lowest BCUT2D eigenvalue weighted by Gasteiger charge is -2.05. The number of hydrogen-bond donors (Lipinski definition) is 1. The summed E-state index contributed by atoms with van der Waals surface area (Å²) in [6.45, 7) is 1.07. The summed E-state index contributed by atoms with van der Waals surface area (Å²) in [5, 5.41) is 13.8. The van der Waals surface area contributed by atoms with Crippen molar-refractivity contribution >= 4 is 10.8 Å². The molecule has 0 unspecified atom stereocenters. The molecule has 3 rings (SSSR count). The molecule has 0 spiro atoms. The molecule has 0 radical (unpaired) electrons. The van der Waals surface area contributed by atoms with Gasteiger partial charge in [0.25, 0.3) is 0 Å². The first-order valence-electron chi connectivity index (χ1n) is 5.70. The minimum atomic E-state index is 0.489. The molecule has 1 aromatic carbocycles. The maximum atomic E-state index is 5.54. The van der Waals surface area contributed by atoms with E-state index in [0.29, 0.717) is 18.9 Å². The lowest BCUT2D eigenvalue weighted by molar-refractivity contribution is 0.602. The van der Waals surface area contributed by atoms with E-state index in [9.17, 15) is 0 Å². The highest BCUT2D eigenvalue weighted by Gasteiger charge is 2.12. The van der Waals surface area contributed by atoms with Gasteiger partial charge in [-0.2, -0.15) is 0 Å². The van der Waals surface area contributed by atoms with Crippen molar-refractivity contribution < 1.29 is 0 Å². The quantitative estimate of drug-likeness (QED) is 0.733. The molecule has 2 aromatic heterocycles. The fourth-order valence-electron chi connectivity index (χ4n) is 1.94. The summed E-state index contributed by atoms with van der Waals surface area (Å²) >= 11 is 0. The SMILES string of the molecule is NCCn1nnnc1-c1nccc2ccccc12. The van der Waals surface area contributed by atoms with Crippen LogP contribution < -0.4 is 5.73 Å². The molecular formula is C12H12N6. The average Bonchev–Trinajstić information content (AvgIpc) is 2.87. The number of tetrazole rings is 1. The largest absolute Gasteiger partial charge is 0.329 e. The third-order valence-electron chi connectivity index (χ3n) is 2.76. The first-order valence-corrected chi connectivity index (χ1v) is 5.70. The number of pyridine rings is 1. The average molecular weight is 240 g/mol. The van der Waals surface area contributed by atoms with E-state index in [1.165, 1.54) is 0 Å². The monoisotopic (exact) mass is 240 g/mol. The number of hydrogen-bond acceptors (Lipinski definition) is 5. The zero-order chi connectivity index (χ0) is 12.4. The Labute approximate surface area is 103 Å². The molecule has 6 heteroatoms. The van der Waals surface area contributed by atoms with Crippen LogP contribution in [-0.4, -0.2) is 31.7 Å². The van der Waals surface area contributed by atoms with Crippen molar-refractivity contribution in [1.82, 2.24) is 25.2 Å². The minimum absolute atomic E-state index is 0.489. The zero-order valence-corrected chi connectivity index (χ0v) is 9.69. The maximum Gasteiger partial charge on any atom is 0.201 e. The number of nitrogens with two attached hydrogens (primary N) is 1. The number of aromatic nitrogens is 5. The Morgan fingerprint density at radius 2 is 2.06 bits per heavy atom. The fraction of sp³-hybridized carbons (Fsp3) is 0.167. The van der Waals surface area contributed by atoms with Gasteiger partial charge in [0, 0.05) is 18.1 Å². The second-order valence-electron chi connectivity index (χ2n) is 3.90. The zero-order valence-electron chi connectivity index (χ0n) is 9.69. The topological polar surface area (TPSA) is 82.5 Å². The van der Waals surface area contributed by atoms with Crippen molar-refractivity contribution in [2.75, 3.05) is 6.54 Å². The summed E-state index contributed by atoms with van der Waals surface area (Å²) in [6.07, 6.45) is 1.76. The van der Waals surface area contributed by atoms with Crippen LogP contribution in [0.1, 0.15) is 0 Å². The standard InChI is InChI=1S/C12H12N6/c13-6-8-18-12(15-16-17-18)11-10-4-2-1-3-9(10)5-7-14-11/h1-5,7H,6,8,13H2. The molecule has 0 aliphatic carbocycles. The van der Waals surface area contributed by atoms with Crippen molar-refractivity contribution in [2.45, 2.75) is 6.54 Å². The van der Waals surface area contributed by atoms with Crippen LogP contribution in [0.4, 0.5) is 0 Å². The highest BCUT2D eigenvalue weighted by Crippen LogP contribution is 2.23. The van der Waals surface area contributed by atoms with Gasteiger partial charge in [0.1, 0.15) is 5.69 Å². The minimum Gasteiger partial charge on any atom is -0.329 e. The second-order valence-corrected chi connectivity index (χ2v) is 3.90. The van der Waals surface area contributed by atoms with Gasteiger partial charge in [0.05, 0.1) is 6.54 Å². The maximum absolute atomic E-state index is 5.54. The van der Waals surface area contributed by atoms with Crippen LogP contribution in [0.15, 0.2) is 36.5 Å². The summed E-state index contributed by atoms with van der Waals surface area (Å²) in [5.74, 6) is 0.650. The Hall–Kier alpha value is -2.34. The molecule has 2 N–H and O–H groups in total. The van der Waals surface area contributed by atoms with E-state index in [2.05, 4.69) is 20.5 Å².